The van der Waals surface area contributed by atoms with Crippen LogP contribution in [0.15, 0.2) is 41.1 Å². The molecule has 0 aliphatic carbocycles. The van der Waals surface area contributed by atoms with Gasteiger partial charge in [-0.3, -0.25) is 4.98 Å². The molecule has 0 aliphatic heterocycles. The minimum Gasteiger partial charge on any atom is -0.436 e. The van der Waals surface area contributed by atoms with Gasteiger partial charge in [0.1, 0.15) is 11.3 Å². The van der Waals surface area contributed by atoms with Crippen molar-refractivity contribution in [2.45, 2.75) is 0 Å². The minimum absolute atomic E-state index is 0.356. The van der Waals surface area contributed by atoms with Crippen molar-refractivity contribution >= 4 is 16.8 Å². The molecule has 2 heterocycles. The highest BCUT2D eigenvalue weighted by molar-refractivity contribution is 5.76. The number of halogens is 1. The van der Waals surface area contributed by atoms with Crippen LogP contribution in [-0.2, 0) is 0 Å². The molecule has 0 fully saturated rings. The Balaban J connectivity index is 2.18. The van der Waals surface area contributed by atoms with Gasteiger partial charge in [-0.1, -0.05) is 0 Å². The van der Waals surface area contributed by atoms with Gasteiger partial charge in [0.15, 0.2) is 5.58 Å². The van der Waals surface area contributed by atoms with E-state index >= 15 is 0 Å². The molecule has 0 spiro atoms. The second-order valence-corrected chi connectivity index (χ2v) is 3.64. The van der Waals surface area contributed by atoms with Gasteiger partial charge in [-0.2, -0.15) is 0 Å². The molecular weight excluding hydrogens is 221 g/mol. The van der Waals surface area contributed by atoms with Crippen molar-refractivity contribution in [2.24, 2.45) is 0 Å². The zero-order valence-corrected chi connectivity index (χ0v) is 8.72. The zero-order valence-electron chi connectivity index (χ0n) is 8.72. The van der Waals surface area contributed by atoms with Crippen molar-refractivity contribution in [1.29, 1.82) is 0 Å². The van der Waals surface area contributed by atoms with Gasteiger partial charge < -0.3 is 10.2 Å². The van der Waals surface area contributed by atoms with Crippen LogP contribution in [0.2, 0.25) is 0 Å². The first-order chi connectivity index (χ1) is 8.22. The third-order valence-electron chi connectivity index (χ3n) is 2.36. The fraction of sp³-hybridized carbons (Fsp3) is 0. The van der Waals surface area contributed by atoms with Crippen LogP contribution in [0.4, 0.5) is 10.1 Å². The van der Waals surface area contributed by atoms with Crippen molar-refractivity contribution in [1.82, 2.24) is 9.97 Å². The predicted octanol–water partition coefficient (Wildman–Crippen LogP) is 2.61. The number of anilines is 1. The van der Waals surface area contributed by atoms with Gasteiger partial charge in [0.25, 0.3) is 0 Å². The lowest BCUT2D eigenvalue weighted by Crippen LogP contribution is -1.87. The summed E-state index contributed by atoms with van der Waals surface area (Å²) in [5, 5.41) is 0. The van der Waals surface area contributed by atoms with Crippen molar-refractivity contribution in [2.75, 3.05) is 5.73 Å². The Morgan fingerprint density at radius 3 is 2.88 bits per heavy atom. The summed E-state index contributed by atoms with van der Waals surface area (Å²) in [5.41, 5.74) is 7.82. The summed E-state index contributed by atoms with van der Waals surface area (Å²) in [6, 6.07) is 5.91. The summed E-state index contributed by atoms with van der Waals surface area (Å²) in [5.74, 6) is 0.0244. The summed E-state index contributed by atoms with van der Waals surface area (Å²) in [7, 11) is 0. The average Bonchev–Trinajstić information content (AvgIpc) is 2.72. The number of hydrogen-bond acceptors (Lipinski definition) is 4. The molecule has 2 N–H and O–H groups in total. The van der Waals surface area contributed by atoms with Gasteiger partial charge in [-0.25, -0.2) is 9.37 Å². The molecule has 0 amide bonds. The molecule has 1 aromatic carbocycles. The van der Waals surface area contributed by atoms with Gasteiger partial charge in [0.2, 0.25) is 5.89 Å². The minimum atomic E-state index is -0.356. The third kappa shape index (κ3) is 1.71. The first-order valence-electron chi connectivity index (χ1n) is 4.99. The van der Waals surface area contributed by atoms with Crippen LogP contribution in [0.25, 0.3) is 22.6 Å². The second kappa shape index (κ2) is 3.55. The van der Waals surface area contributed by atoms with E-state index in [1.54, 1.807) is 18.3 Å². The monoisotopic (exact) mass is 229 g/mol. The van der Waals surface area contributed by atoms with Crippen LogP contribution in [0.1, 0.15) is 0 Å². The van der Waals surface area contributed by atoms with Crippen molar-refractivity contribution < 1.29 is 8.81 Å². The molecule has 3 aromatic rings. The number of fused-ring (bicyclic) bond motifs is 1. The Morgan fingerprint density at radius 2 is 2.06 bits per heavy atom. The molecule has 2 aromatic heterocycles. The van der Waals surface area contributed by atoms with Gasteiger partial charge in [0.05, 0.1) is 11.3 Å². The maximum atomic E-state index is 13.0. The molecule has 3 rings (SSSR count). The molecule has 0 saturated heterocycles. The van der Waals surface area contributed by atoms with Gasteiger partial charge in [0, 0.05) is 18.5 Å². The number of hydrogen-bond donors (Lipinski definition) is 1. The van der Waals surface area contributed by atoms with E-state index in [2.05, 4.69) is 9.97 Å². The Hall–Kier alpha value is -2.43. The topological polar surface area (TPSA) is 64.9 Å². The maximum absolute atomic E-state index is 13.0. The standard InChI is InChI=1S/C12H8FN3O/c13-8-1-2-10-11(4-8)17-12(16-10)7-3-9(14)6-15-5-7/h1-6H,14H2. The molecule has 0 atom stereocenters. The van der Waals surface area contributed by atoms with E-state index in [9.17, 15) is 4.39 Å². The van der Waals surface area contributed by atoms with Crippen LogP contribution < -0.4 is 5.73 Å². The number of nitrogens with two attached hydrogens (primary N) is 1. The molecule has 0 bridgehead atoms. The highest BCUT2D eigenvalue weighted by Gasteiger charge is 2.09. The Labute approximate surface area is 95.9 Å². The van der Waals surface area contributed by atoms with E-state index in [0.717, 1.165) is 0 Å². The molecule has 5 heteroatoms. The lowest BCUT2D eigenvalue weighted by Gasteiger charge is -1.95. The first-order valence-corrected chi connectivity index (χ1v) is 4.99. The number of nitrogens with zero attached hydrogens (tertiary/aromatic N) is 2. The fourth-order valence-electron chi connectivity index (χ4n) is 1.60. The van der Waals surface area contributed by atoms with Crippen molar-refractivity contribution in [3.8, 4) is 11.5 Å². The zero-order chi connectivity index (χ0) is 11.8. The van der Waals surface area contributed by atoms with E-state index in [1.807, 2.05) is 0 Å². The number of oxazole rings is 1. The summed E-state index contributed by atoms with van der Waals surface area (Å²) in [6.45, 7) is 0. The fourth-order valence-corrected chi connectivity index (χ4v) is 1.60. The first kappa shape index (κ1) is 9.77. The molecule has 0 aliphatic rings. The normalized spacial score (nSPS) is 10.9. The Bertz CT molecular complexity index is 693. The molecule has 4 nitrogen and oxygen atoms in total. The van der Waals surface area contributed by atoms with E-state index in [-0.39, 0.29) is 5.82 Å². The van der Waals surface area contributed by atoms with Crippen molar-refractivity contribution in [3.05, 3.63) is 42.5 Å². The van der Waals surface area contributed by atoms with Crippen LogP contribution in [0.5, 0.6) is 0 Å². The molecule has 84 valence electrons. The van der Waals surface area contributed by atoms with Gasteiger partial charge in [-0.05, 0) is 18.2 Å². The van der Waals surface area contributed by atoms with Crippen LogP contribution in [0, 0.1) is 5.82 Å². The Kier molecular flexibility index (Phi) is 2.04. The SMILES string of the molecule is Nc1cncc(-c2nc3ccc(F)cc3o2)c1. The Morgan fingerprint density at radius 1 is 1.18 bits per heavy atom. The summed E-state index contributed by atoms with van der Waals surface area (Å²) in [6.07, 6.45) is 3.13. The number of benzene rings is 1. The largest absolute Gasteiger partial charge is 0.436 e. The number of pyridine rings is 1. The van der Waals surface area contributed by atoms with Gasteiger partial charge in [-0.15, -0.1) is 0 Å². The summed E-state index contributed by atoms with van der Waals surface area (Å²) < 4.78 is 18.4. The van der Waals surface area contributed by atoms with E-state index in [1.165, 1.54) is 18.3 Å². The van der Waals surface area contributed by atoms with Crippen molar-refractivity contribution in [3.63, 3.8) is 0 Å². The lowest BCUT2D eigenvalue weighted by atomic mass is 10.2. The van der Waals surface area contributed by atoms with Crippen LogP contribution in [0.3, 0.4) is 0 Å². The molecule has 0 radical (unpaired) electrons. The highest BCUT2D eigenvalue weighted by Crippen LogP contribution is 2.25. The number of nitrogen functional groups attached to an aromatic ring is 1. The number of aromatic nitrogens is 2. The second-order valence-electron chi connectivity index (χ2n) is 3.64. The summed E-state index contributed by atoms with van der Waals surface area (Å²) in [4.78, 5) is 8.19. The summed E-state index contributed by atoms with van der Waals surface area (Å²) >= 11 is 0. The predicted molar refractivity (Wildman–Crippen MR) is 61.6 cm³/mol. The molecule has 0 saturated carbocycles. The highest BCUT2D eigenvalue weighted by atomic mass is 19.1. The van der Waals surface area contributed by atoms with Crippen LogP contribution >= 0.6 is 0 Å². The molecule has 17 heavy (non-hydrogen) atoms. The number of rotatable bonds is 1. The smallest absolute Gasteiger partial charge is 0.228 e. The lowest BCUT2D eigenvalue weighted by molar-refractivity contribution is 0.602. The molecular formula is C12H8FN3O. The van der Waals surface area contributed by atoms with E-state index in [0.29, 0.717) is 28.2 Å². The maximum Gasteiger partial charge on any atom is 0.228 e. The van der Waals surface area contributed by atoms with E-state index in [4.69, 9.17) is 10.2 Å². The van der Waals surface area contributed by atoms with Gasteiger partial charge >= 0.3 is 0 Å². The van der Waals surface area contributed by atoms with E-state index < -0.39 is 0 Å². The third-order valence-corrected chi connectivity index (χ3v) is 2.36. The quantitative estimate of drug-likeness (QED) is 0.696. The molecule has 0 unspecified atom stereocenters. The van der Waals surface area contributed by atoms with Crippen LogP contribution in [-0.4, -0.2) is 9.97 Å². The average molecular weight is 229 g/mol.